The van der Waals surface area contributed by atoms with Crippen LogP contribution in [0.2, 0.25) is 0 Å². The molecule has 0 spiro atoms. The van der Waals surface area contributed by atoms with E-state index in [2.05, 4.69) is 65.1 Å². The summed E-state index contributed by atoms with van der Waals surface area (Å²) in [7, 11) is 0. The smallest absolute Gasteiger partial charge is 0.321 e. The van der Waals surface area contributed by atoms with E-state index >= 15 is 0 Å². The number of benzene rings is 1. The molecule has 0 aromatic heterocycles. The quantitative estimate of drug-likeness (QED) is 0.772. The third kappa shape index (κ3) is 4.57. The monoisotopic (exact) mass is 362 g/mol. The molecule has 1 fully saturated rings. The summed E-state index contributed by atoms with van der Waals surface area (Å²) in [6.45, 7) is 13.8. The van der Waals surface area contributed by atoms with Crippen LogP contribution in [0.15, 0.2) is 18.2 Å². The van der Waals surface area contributed by atoms with E-state index in [1.807, 2.05) is 0 Å². The molecule has 1 aromatic carbocycles. The molecule has 0 aliphatic carbocycles. The highest BCUT2D eigenvalue weighted by Gasteiger charge is 2.35. The van der Waals surface area contributed by atoms with Crippen molar-refractivity contribution in [1.29, 1.82) is 0 Å². The zero-order valence-corrected chi connectivity index (χ0v) is 17.0. The molecule has 2 amide bonds. The van der Waals surface area contributed by atoms with Crippen molar-refractivity contribution in [3.05, 3.63) is 29.3 Å². The van der Waals surface area contributed by atoms with Crippen LogP contribution in [0.5, 0.6) is 0 Å². The lowest BCUT2D eigenvalue weighted by atomic mass is 9.81. The molecule has 0 saturated carbocycles. The van der Waals surface area contributed by atoms with Gasteiger partial charge < -0.3 is 20.4 Å². The van der Waals surface area contributed by atoms with Gasteiger partial charge in [0, 0.05) is 43.8 Å². The minimum absolute atomic E-state index is 0.00644. The second-order valence-electron chi connectivity index (χ2n) is 9.48. The Bertz CT molecular complexity index is 632. The van der Waals surface area contributed by atoms with Crippen LogP contribution in [0.4, 0.5) is 10.5 Å². The van der Waals surface area contributed by atoms with Crippen LogP contribution in [-0.4, -0.2) is 47.4 Å². The first kappa shape index (κ1) is 20.7. The van der Waals surface area contributed by atoms with Gasteiger partial charge in [0.1, 0.15) is 0 Å². The molecule has 1 saturated heterocycles. The second-order valence-corrected chi connectivity index (χ2v) is 9.48. The summed E-state index contributed by atoms with van der Waals surface area (Å²) in [5.41, 5.74) is 3.00. The molecule has 1 heterocycles. The largest absolute Gasteiger partial charge is 0.396 e. The lowest BCUT2D eigenvalue weighted by Crippen LogP contribution is -2.34. The highest BCUT2D eigenvalue weighted by molar-refractivity contribution is 5.90. The molecule has 2 atom stereocenters. The molecule has 2 rings (SSSR count). The Hall–Kier alpha value is -1.59. The molecule has 5 nitrogen and oxygen atoms in total. The Labute approximate surface area is 157 Å². The third-order valence-electron chi connectivity index (χ3n) is 5.27. The summed E-state index contributed by atoms with van der Waals surface area (Å²) in [4.78, 5) is 14.5. The standard InChI is InChI=1S/C21H34N2O3/c1-20(2,3)16-7-8-17(21(4,5)6)18(9-16)22-19(26)23-10-14(12-24)15(11-23)13-25/h7-9,14-15,24-25H,10-13H2,1-6H3,(H,22,26)/t14-,15-/m0/s1. The first-order valence-electron chi connectivity index (χ1n) is 9.40. The Morgan fingerprint density at radius 3 is 2.00 bits per heavy atom. The topological polar surface area (TPSA) is 72.8 Å². The van der Waals surface area contributed by atoms with Crippen molar-refractivity contribution in [3.63, 3.8) is 0 Å². The van der Waals surface area contributed by atoms with Gasteiger partial charge in [-0.2, -0.15) is 0 Å². The average molecular weight is 363 g/mol. The van der Waals surface area contributed by atoms with Gasteiger partial charge in [-0.05, 0) is 28.0 Å². The number of aliphatic hydroxyl groups excluding tert-OH is 2. The number of likely N-dealkylation sites (tertiary alicyclic amines) is 1. The maximum atomic E-state index is 12.8. The molecule has 1 aromatic rings. The molecular formula is C21H34N2O3. The lowest BCUT2D eigenvalue weighted by Gasteiger charge is -2.28. The number of aliphatic hydroxyl groups is 2. The summed E-state index contributed by atoms with van der Waals surface area (Å²) in [6, 6.07) is 6.14. The number of carbonyl (C=O) groups is 1. The van der Waals surface area contributed by atoms with Crippen LogP contribution < -0.4 is 5.32 Å². The van der Waals surface area contributed by atoms with E-state index < -0.39 is 0 Å². The molecule has 0 unspecified atom stereocenters. The van der Waals surface area contributed by atoms with E-state index in [1.54, 1.807) is 4.90 Å². The van der Waals surface area contributed by atoms with Crippen molar-refractivity contribution in [2.75, 3.05) is 31.6 Å². The van der Waals surface area contributed by atoms with Gasteiger partial charge in [0.25, 0.3) is 0 Å². The maximum absolute atomic E-state index is 12.8. The second kappa shape index (κ2) is 7.57. The first-order valence-corrected chi connectivity index (χ1v) is 9.40. The summed E-state index contributed by atoms with van der Waals surface area (Å²) < 4.78 is 0. The predicted molar refractivity (Wildman–Crippen MR) is 106 cm³/mol. The molecule has 5 heteroatoms. The number of nitrogens with one attached hydrogen (secondary N) is 1. The summed E-state index contributed by atoms with van der Waals surface area (Å²) in [5.74, 6) is -0.123. The van der Waals surface area contributed by atoms with Gasteiger partial charge in [-0.1, -0.05) is 53.7 Å². The van der Waals surface area contributed by atoms with Crippen LogP contribution in [0, 0.1) is 11.8 Å². The molecular weight excluding hydrogens is 328 g/mol. The van der Waals surface area contributed by atoms with Gasteiger partial charge in [-0.15, -0.1) is 0 Å². The van der Waals surface area contributed by atoms with Crippen molar-refractivity contribution < 1.29 is 15.0 Å². The van der Waals surface area contributed by atoms with Crippen molar-refractivity contribution in [2.24, 2.45) is 11.8 Å². The Morgan fingerprint density at radius 2 is 1.58 bits per heavy atom. The van der Waals surface area contributed by atoms with Gasteiger partial charge in [0.2, 0.25) is 0 Å². The van der Waals surface area contributed by atoms with E-state index in [1.165, 1.54) is 5.56 Å². The normalized spacial score (nSPS) is 21.2. The van der Waals surface area contributed by atoms with E-state index in [-0.39, 0.29) is 41.9 Å². The van der Waals surface area contributed by atoms with Crippen molar-refractivity contribution >= 4 is 11.7 Å². The lowest BCUT2D eigenvalue weighted by molar-refractivity contribution is 0.152. The fourth-order valence-electron chi connectivity index (χ4n) is 3.48. The number of nitrogens with zero attached hydrogens (tertiary/aromatic N) is 1. The number of amides is 2. The Morgan fingerprint density at radius 1 is 1.04 bits per heavy atom. The van der Waals surface area contributed by atoms with Gasteiger partial charge in [0.05, 0.1) is 0 Å². The molecule has 1 aliphatic rings. The highest BCUT2D eigenvalue weighted by Crippen LogP contribution is 2.34. The number of hydrogen-bond donors (Lipinski definition) is 3. The maximum Gasteiger partial charge on any atom is 0.321 e. The van der Waals surface area contributed by atoms with E-state index in [0.29, 0.717) is 13.1 Å². The minimum Gasteiger partial charge on any atom is -0.396 e. The van der Waals surface area contributed by atoms with Crippen LogP contribution in [0.25, 0.3) is 0 Å². The van der Waals surface area contributed by atoms with E-state index in [9.17, 15) is 15.0 Å². The SMILES string of the molecule is CC(C)(C)c1ccc(C(C)(C)C)c(NC(=O)N2C[C@@H](CO)[C@H](CO)C2)c1. The van der Waals surface area contributed by atoms with Crippen molar-refractivity contribution in [2.45, 2.75) is 52.4 Å². The summed E-state index contributed by atoms with van der Waals surface area (Å²) >= 11 is 0. The number of rotatable bonds is 3. The van der Waals surface area contributed by atoms with Crippen molar-refractivity contribution in [1.82, 2.24) is 4.90 Å². The highest BCUT2D eigenvalue weighted by atomic mass is 16.3. The fourth-order valence-corrected chi connectivity index (χ4v) is 3.48. The molecule has 146 valence electrons. The van der Waals surface area contributed by atoms with Crippen LogP contribution in [0.3, 0.4) is 0 Å². The molecule has 0 radical (unpaired) electrons. The van der Waals surface area contributed by atoms with Gasteiger partial charge in [-0.3, -0.25) is 0 Å². The fraction of sp³-hybridized carbons (Fsp3) is 0.667. The number of carbonyl (C=O) groups excluding carboxylic acids is 1. The number of anilines is 1. The molecule has 1 aliphatic heterocycles. The number of urea groups is 1. The zero-order valence-electron chi connectivity index (χ0n) is 17.0. The van der Waals surface area contributed by atoms with Crippen LogP contribution in [-0.2, 0) is 10.8 Å². The van der Waals surface area contributed by atoms with E-state index in [4.69, 9.17) is 0 Å². The molecule has 3 N–H and O–H groups in total. The summed E-state index contributed by atoms with van der Waals surface area (Å²) in [5, 5.41) is 22.0. The van der Waals surface area contributed by atoms with Gasteiger partial charge in [0.15, 0.2) is 0 Å². The molecule has 26 heavy (non-hydrogen) atoms. The number of hydrogen-bond acceptors (Lipinski definition) is 3. The summed E-state index contributed by atoms with van der Waals surface area (Å²) in [6.07, 6.45) is 0. The zero-order chi connectivity index (χ0) is 19.7. The van der Waals surface area contributed by atoms with Crippen LogP contribution in [0.1, 0.15) is 52.7 Å². The van der Waals surface area contributed by atoms with Crippen molar-refractivity contribution in [3.8, 4) is 0 Å². The Kier molecular flexibility index (Phi) is 6.03. The van der Waals surface area contributed by atoms with Gasteiger partial charge >= 0.3 is 6.03 Å². The predicted octanol–water partition coefficient (Wildman–Crippen LogP) is 3.35. The van der Waals surface area contributed by atoms with Gasteiger partial charge in [-0.25, -0.2) is 4.79 Å². The third-order valence-corrected chi connectivity index (χ3v) is 5.27. The minimum atomic E-state index is -0.170. The first-order chi connectivity index (χ1) is 12.0. The average Bonchev–Trinajstić information content (AvgIpc) is 2.96. The van der Waals surface area contributed by atoms with E-state index in [0.717, 1.165) is 11.3 Å². The Balaban J connectivity index is 2.28. The molecule has 0 bridgehead atoms. The van der Waals surface area contributed by atoms with Crippen LogP contribution >= 0.6 is 0 Å².